The van der Waals surface area contributed by atoms with Crippen LogP contribution in [-0.4, -0.2) is 49.0 Å². The zero-order valence-electron chi connectivity index (χ0n) is 21.1. The number of rotatable bonds is 4. The number of aromatic nitrogens is 1. The van der Waals surface area contributed by atoms with E-state index >= 15 is 0 Å². The first-order valence-electron chi connectivity index (χ1n) is 12.2. The third kappa shape index (κ3) is 5.00. The number of anilines is 3. The number of amides is 3. The second-order valence-electron chi connectivity index (χ2n) is 9.03. The Morgan fingerprint density at radius 1 is 1.05 bits per heavy atom. The Balaban J connectivity index is 0.000000412. The van der Waals surface area contributed by atoms with Crippen molar-refractivity contribution in [3.8, 4) is 11.5 Å². The van der Waals surface area contributed by atoms with Gasteiger partial charge in [0.1, 0.15) is 21.2 Å². The van der Waals surface area contributed by atoms with Crippen LogP contribution in [0.2, 0.25) is 0 Å². The van der Waals surface area contributed by atoms with Crippen molar-refractivity contribution >= 4 is 50.6 Å². The molecule has 0 bridgehead atoms. The molecular formula is C28H29N5O3S. The molecule has 0 spiro atoms. The molecule has 37 heavy (non-hydrogen) atoms. The molecule has 0 radical (unpaired) electrons. The summed E-state index contributed by atoms with van der Waals surface area (Å²) in [6.07, 6.45) is 4.48. The van der Waals surface area contributed by atoms with Gasteiger partial charge in [-0.05, 0) is 81.9 Å². The van der Waals surface area contributed by atoms with E-state index in [-0.39, 0.29) is 11.9 Å². The number of benzene rings is 2. The van der Waals surface area contributed by atoms with E-state index in [2.05, 4.69) is 27.6 Å². The topological polar surface area (TPSA) is 86.8 Å². The van der Waals surface area contributed by atoms with E-state index in [1.165, 1.54) is 37.3 Å². The van der Waals surface area contributed by atoms with E-state index in [1.54, 1.807) is 24.2 Å². The van der Waals surface area contributed by atoms with Crippen molar-refractivity contribution in [2.45, 2.75) is 19.8 Å². The molecule has 190 valence electrons. The highest BCUT2D eigenvalue weighted by Crippen LogP contribution is 2.46. The van der Waals surface area contributed by atoms with Crippen LogP contribution in [0, 0.1) is 6.92 Å². The Morgan fingerprint density at radius 3 is 2.46 bits per heavy atom. The number of likely N-dealkylation sites (tertiary alicyclic amines) is 1. The van der Waals surface area contributed by atoms with Gasteiger partial charge in [-0.25, -0.2) is 9.78 Å². The van der Waals surface area contributed by atoms with E-state index in [4.69, 9.17) is 4.74 Å². The number of hydrogen-bond acceptors (Lipinski definition) is 6. The molecule has 0 aliphatic carbocycles. The average molecular weight is 516 g/mol. The summed E-state index contributed by atoms with van der Waals surface area (Å²) in [7, 11) is 3.74. The summed E-state index contributed by atoms with van der Waals surface area (Å²) in [6.45, 7) is 4.57. The number of carbonyl (C=O) groups is 2. The summed E-state index contributed by atoms with van der Waals surface area (Å²) in [5.41, 5.74) is 2.79. The van der Waals surface area contributed by atoms with Crippen LogP contribution in [0.1, 0.15) is 28.1 Å². The van der Waals surface area contributed by atoms with E-state index in [0.29, 0.717) is 26.8 Å². The van der Waals surface area contributed by atoms with E-state index in [9.17, 15) is 9.59 Å². The van der Waals surface area contributed by atoms with Crippen LogP contribution in [0.5, 0.6) is 11.5 Å². The van der Waals surface area contributed by atoms with E-state index < -0.39 is 0 Å². The fraction of sp³-hybridized carbons (Fsp3) is 0.250. The summed E-state index contributed by atoms with van der Waals surface area (Å²) < 4.78 is 5.91. The van der Waals surface area contributed by atoms with Crippen LogP contribution in [0.25, 0.3) is 10.2 Å². The van der Waals surface area contributed by atoms with Gasteiger partial charge in [0, 0.05) is 13.2 Å². The van der Waals surface area contributed by atoms with Gasteiger partial charge in [0.15, 0.2) is 0 Å². The predicted molar refractivity (Wildman–Crippen MR) is 149 cm³/mol. The molecular weight excluding hydrogens is 486 g/mol. The normalized spacial score (nSPS) is 14.7. The van der Waals surface area contributed by atoms with Crippen molar-refractivity contribution in [3.63, 3.8) is 0 Å². The first kappa shape index (κ1) is 24.7. The largest absolute Gasteiger partial charge is 0.457 e. The number of pyridine rings is 1. The first-order chi connectivity index (χ1) is 18.0. The molecule has 0 saturated carbocycles. The third-order valence-electron chi connectivity index (χ3n) is 6.40. The maximum absolute atomic E-state index is 13.1. The fourth-order valence-corrected chi connectivity index (χ4v) is 5.60. The van der Waals surface area contributed by atoms with Crippen LogP contribution in [0.4, 0.5) is 21.9 Å². The molecule has 9 heteroatoms. The number of nitrogens with zero attached hydrogens (tertiary/aromatic N) is 3. The van der Waals surface area contributed by atoms with Gasteiger partial charge in [-0.15, -0.1) is 11.3 Å². The number of para-hydroxylation sites is 1. The standard InChI is InChI=1S/C23H18N4O3S.C5H11N/c1-13-12-15(30-14-6-4-3-5-7-14)8-9-16(13)27-17-10-11-25-22-18(17)19(26-23(27)29)20(31-22)21(28)24-2;1-6-4-2-3-5-6/h3-12H,1-2H3,(H,24,28)(H,26,29);2-5H2,1H3. The smallest absolute Gasteiger partial charge is 0.331 e. The Kier molecular flexibility index (Phi) is 7.07. The van der Waals surface area contributed by atoms with Gasteiger partial charge in [-0.1, -0.05) is 18.2 Å². The van der Waals surface area contributed by atoms with Crippen LogP contribution in [0.3, 0.4) is 0 Å². The molecule has 6 rings (SSSR count). The lowest BCUT2D eigenvalue weighted by Gasteiger charge is -2.29. The predicted octanol–water partition coefficient (Wildman–Crippen LogP) is 6.15. The van der Waals surface area contributed by atoms with Crippen LogP contribution in [-0.2, 0) is 0 Å². The molecule has 0 unspecified atom stereocenters. The highest BCUT2D eigenvalue weighted by molar-refractivity contribution is 7.21. The van der Waals surface area contributed by atoms with Crippen molar-refractivity contribution in [1.82, 2.24) is 15.2 Å². The summed E-state index contributed by atoms with van der Waals surface area (Å²) in [4.78, 5) is 34.9. The van der Waals surface area contributed by atoms with Gasteiger partial charge in [0.05, 0.1) is 22.4 Å². The Labute approximate surface area is 219 Å². The van der Waals surface area contributed by atoms with Crippen LogP contribution in [0.15, 0.2) is 60.8 Å². The van der Waals surface area contributed by atoms with Crippen molar-refractivity contribution in [1.29, 1.82) is 0 Å². The summed E-state index contributed by atoms with van der Waals surface area (Å²) in [6, 6.07) is 16.6. The van der Waals surface area contributed by atoms with Crippen molar-refractivity contribution < 1.29 is 14.3 Å². The number of urea groups is 1. The number of hydrogen-bond donors (Lipinski definition) is 2. The molecule has 2 N–H and O–H groups in total. The van der Waals surface area contributed by atoms with E-state index in [1.807, 2.05) is 55.5 Å². The first-order valence-corrected chi connectivity index (χ1v) is 13.0. The number of nitrogens with one attached hydrogen (secondary N) is 2. The van der Waals surface area contributed by atoms with Crippen molar-refractivity contribution in [2.75, 3.05) is 37.4 Å². The van der Waals surface area contributed by atoms with Gasteiger partial charge in [-0.2, -0.15) is 0 Å². The molecule has 2 aromatic carbocycles. The molecule has 2 aliphatic heterocycles. The Hall–Kier alpha value is -3.95. The lowest BCUT2D eigenvalue weighted by molar-refractivity contribution is 0.0968. The lowest BCUT2D eigenvalue weighted by Crippen LogP contribution is -2.35. The average Bonchev–Trinajstić information content (AvgIpc) is 3.53. The Morgan fingerprint density at radius 2 is 1.81 bits per heavy atom. The maximum Gasteiger partial charge on any atom is 0.331 e. The van der Waals surface area contributed by atoms with Gasteiger partial charge >= 0.3 is 6.03 Å². The molecule has 4 heterocycles. The third-order valence-corrected chi connectivity index (χ3v) is 7.49. The van der Waals surface area contributed by atoms with Crippen LogP contribution < -0.4 is 20.3 Å². The molecule has 4 aromatic rings. The zero-order chi connectivity index (χ0) is 25.9. The van der Waals surface area contributed by atoms with Gasteiger partial charge in [-0.3, -0.25) is 9.69 Å². The second-order valence-corrected chi connectivity index (χ2v) is 10.0. The van der Waals surface area contributed by atoms with Crippen LogP contribution >= 0.6 is 11.3 Å². The Bertz CT molecular complexity index is 1450. The van der Waals surface area contributed by atoms with Crippen molar-refractivity contribution in [3.05, 3.63) is 71.2 Å². The number of ether oxygens (including phenoxy) is 1. The molecule has 2 aliphatic rings. The summed E-state index contributed by atoms with van der Waals surface area (Å²) in [5, 5.41) is 6.26. The molecule has 8 nitrogen and oxygen atoms in total. The minimum Gasteiger partial charge on any atom is -0.457 e. The molecule has 0 atom stereocenters. The zero-order valence-corrected chi connectivity index (χ0v) is 21.9. The quantitative estimate of drug-likeness (QED) is 0.340. The summed E-state index contributed by atoms with van der Waals surface area (Å²) >= 11 is 1.26. The maximum atomic E-state index is 13.1. The minimum atomic E-state index is -0.330. The fourth-order valence-electron chi connectivity index (χ4n) is 4.54. The van der Waals surface area contributed by atoms with Gasteiger partial charge < -0.3 is 20.3 Å². The second kappa shape index (κ2) is 10.6. The molecule has 1 saturated heterocycles. The minimum absolute atomic E-state index is 0.253. The summed E-state index contributed by atoms with van der Waals surface area (Å²) in [5.74, 6) is 1.17. The lowest BCUT2D eigenvalue weighted by atomic mass is 10.1. The van der Waals surface area contributed by atoms with Crippen molar-refractivity contribution in [2.24, 2.45) is 0 Å². The monoisotopic (exact) mass is 515 g/mol. The molecule has 3 amide bonds. The molecule has 2 aromatic heterocycles. The number of aryl methyl sites for hydroxylation is 1. The van der Waals surface area contributed by atoms with Gasteiger partial charge in [0.25, 0.3) is 5.91 Å². The van der Waals surface area contributed by atoms with E-state index in [0.717, 1.165) is 22.4 Å². The van der Waals surface area contributed by atoms with Gasteiger partial charge in [0.2, 0.25) is 0 Å². The highest BCUT2D eigenvalue weighted by Gasteiger charge is 2.33. The highest BCUT2D eigenvalue weighted by atomic mass is 32.1. The number of thiophene rings is 1. The molecule has 1 fully saturated rings. The number of carbonyl (C=O) groups excluding carboxylic acids is 2. The SMILES string of the molecule is CN1CCCC1.CNC(=O)c1sc2nccc3c2c1NC(=O)N3c1ccc(Oc2ccccc2)cc1C.